The summed E-state index contributed by atoms with van der Waals surface area (Å²) in [6.45, 7) is 4.67. The summed E-state index contributed by atoms with van der Waals surface area (Å²) in [5.41, 5.74) is 7.55. The van der Waals surface area contributed by atoms with Gasteiger partial charge in [-0.2, -0.15) is 0 Å². The van der Waals surface area contributed by atoms with Gasteiger partial charge >= 0.3 is 0 Å². The standard InChI is InChI=1S/C15H20N4O/c1-3-11(16)9-18-14-6-7-17-15(19-14)12-8-10(2)4-5-13(12)20/h4-8,11,20H,3,9,16H2,1-2H3,(H,17,18,19)/t11-/m1/s1. The number of nitrogens with zero attached hydrogens (tertiary/aromatic N) is 2. The van der Waals surface area contributed by atoms with Crippen LogP contribution in [-0.4, -0.2) is 27.7 Å². The van der Waals surface area contributed by atoms with Crippen LogP contribution in [-0.2, 0) is 0 Å². The van der Waals surface area contributed by atoms with Crippen molar-refractivity contribution in [3.8, 4) is 17.1 Å². The van der Waals surface area contributed by atoms with Crippen LogP contribution in [0.1, 0.15) is 18.9 Å². The molecule has 1 aromatic heterocycles. The third-order valence-corrected chi connectivity index (χ3v) is 3.12. The lowest BCUT2D eigenvalue weighted by Crippen LogP contribution is -2.28. The number of aryl methyl sites for hydroxylation is 1. The van der Waals surface area contributed by atoms with Crippen molar-refractivity contribution in [2.75, 3.05) is 11.9 Å². The SMILES string of the molecule is CC[C@@H](N)CNc1ccnc(-c2cc(C)ccc2O)n1. The monoisotopic (exact) mass is 272 g/mol. The van der Waals surface area contributed by atoms with Crippen LogP contribution < -0.4 is 11.1 Å². The van der Waals surface area contributed by atoms with Gasteiger partial charge in [0.05, 0.1) is 5.56 Å². The summed E-state index contributed by atoms with van der Waals surface area (Å²) >= 11 is 0. The number of aromatic nitrogens is 2. The van der Waals surface area contributed by atoms with Gasteiger partial charge in [-0.05, 0) is 31.5 Å². The third kappa shape index (κ3) is 3.45. The Bertz CT molecular complexity index is 586. The van der Waals surface area contributed by atoms with Gasteiger partial charge in [0.15, 0.2) is 5.82 Å². The van der Waals surface area contributed by atoms with E-state index < -0.39 is 0 Å². The van der Waals surface area contributed by atoms with Crippen molar-refractivity contribution in [3.05, 3.63) is 36.0 Å². The lowest BCUT2D eigenvalue weighted by molar-refractivity contribution is 0.476. The molecular weight excluding hydrogens is 252 g/mol. The molecule has 0 bridgehead atoms. The minimum Gasteiger partial charge on any atom is -0.507 e. The van der Waals surface area contributed by atoms with E-state index >= 15 is 0 Å². The van der Waals surface area contributed by atoms with Crippen molar-refractivity contribution in [2.45, 2.75) is 26.3 Å². The summed E-state index contributed by atoms with van der Waals surface area (Å²) in [6.07, 6.45) is 2.58. The van der Waals surface area contributed by atoms with Crippen LogP contribution >= 0.6 is 0 Å². The zero-order valence-corrected chi connectivity index (χ0v) is 11.8. The molecule has 106 valence electrons. The predicted molar refractivity (Wildman–Crippen MR) is 80.6 cm³/mol. The fraction of sp³-hybridized carbons (Fsp3) is 0.333. The van der Waals surface area contributed by atoms with Crippen molar-refractivity contribution < 1.29 is 5.11 Å². The minimum absolute atomic E-state index is 0.0980. The second-order valence-corrected chi connectivity index (χ2v) is 4.84. The molecular formula is C15H20N4O. The normalized spacial score (nSPS) is 12.2. The lowest BCUT2D eigenvalue weighted by atomic mass is 10.1. The zero-order valence-electron chi connectivity index (χ0n) is 11.8. The Kier molecular flexibility index (Phi) is 4.53. The molecule has 2 aromatic rings. The molecule has 0 saturated carbocycles. The van der Waals surface area contributed by atoms with E-state index in [1.807, 2.05) is 26.0 Å². The van der Waals surface area contributed by atoms with Crippen LogP contribution in [0.3, 0.4) is 0 Å². The molecule has 0 radical (unpaired) electrons. The first-order chi connectivity index (χ1) is 9.60. The molecule has 1 aromatic carbocycles. The summed E-state index contributed by atoms with van der Waals surface area (Å²) in [5.74, 6) is 1.39. The summed E-state index contributed by atoms with van der Waals surface area (Å²) in [6, 6.07) is 7.26. The van der Waals surface area contributed by atoms with Crippen LogP contribution in [0.4, 0.5) is 5.82 Å². The van der Waals surface area contributed by atoms with Crippen LogP contribution in [0.5, 0.6) is 5.75 Å². The number of phenolic OH excluding ortho intramolecular Hbond substituents is 1. The summed E-state index contributed by atoms with van der Waals surface area (Å²) < 4.78 is 0. The van der Waals surface area contributed by atoms with Gasteiger partial charge in [-0.25, -0.2) is 9.97 Å². The van der Waals surface area contributed by atoms with E-state index in [4.69, 9.17) is 5.73 Å². The Morgan fingerprint density at radius 2 is 2.15 bits per heavy atom. The lowest BCUT2D eigenvalue weighted by Gasteiger charge is -2.11. The Balaban J connectivity index is 2.23. The number of hydrogen-bond donors (Lipinski definition) is 3. The number of hydrogen-bond acceptors (Lipinski definition) is 5. The highest BCUT2D eigenvalue weighted by molar-refractivity contribution is 5.65. The molecule has 0 fully saturated rings. The molecule has 5 heteroatoms. The molecule has 0 aliphatic heterocycles. The Morgan fingerprint density at radius 3 is 2.90 bits per heavy atom. The highest BCUT2D eigenvalue weighted by Gasteiger charge is 2.08. The Hall–Kier alpha value is -2.14. The predicted octanol–water partition coefficient (Wildman–Crippen LogP) is 2.31. The average Bonchev–Trinajstić information content (AvgIpc) is 2.47. The molecule has 0 aliphatic carbocycles. The van der Waals surface area contributed by atoms with Gasteiger partial charge in [-0.15, -0.1) is 0 Å². The van der Waals surface area contributed by atoms with E-state index in [9.17, 15) is 5.11 Å². The topological polar surface area (TPSA) is 84.1 Å². The van der Waals surface area contributed by atoms with E-state index in [2.05, 4.69) is 15.3 Å². The average molecular weight is 272 g/mol. The number of aromatic hydroxyl groups is 1. The van der Waals surface area contributed by atoms with Crippen LogP contribution in [0, 0.1) is 6.92 Å². The number of nitrogens with two attached hydrogens (primary N) is 1. The fourth-order valence-electron chi connectivity index (χ4n) is 1.80. The van der Waals surface area contributed by atoms with Gasteiger partial charge in [0.25, 0.3) is 0 Å². The van der Waals surface area contributed by atoms with Gasteiger partial charge < -0.3 is 16.2 Å². The largest absolute Gasteiger partial charge is 0.507 e. The van der Waals surface area contributed by atoms with Gasteiger partial charge in [-0.1, -0.05) is 18.6 Å². The number of nitrogens with one attached hydrogen (secondary N) is 1. The molecule has 5 nitrogen and oxygen atoms in total. The number of rotatable bonds is 5. The first-order valence-corrected chi connectivity index (χ1v) is 6.72. The highest BCUT2D eigenvalue weighted by atomic mass is 16.3. The molecule has 0 unspecified atom stereocenters. The highest BCUT2D eigenvalue weighted by Crippen LogP contribution is 2.27. The second kappa shape index (κ2) is 6.34. The zero-order chi connectivity index (χ0) is 14.5. The maximum absolute atomic E-state index is 9.92. The smallest absolute Gasteiger partial charge is 0.165 e. The molecule has 0 amide bonds. The third-order valence-electron chi connectivity index (χ3n) is 3.12. The summed E-state index contributed by atoms with van der Waals surface area (Å²) in [7, 11) is 0. The number of anilines is 1. The summed E-state index contributed by atoms with van der Waals surface area (Å²) in [5, 5.41) is 13.1. The van der Waals surface area contributed by atoms with Gasteiger partial charge in [-0.3, -0.25) is 0 Å². The van der Waals surface area contributed by atoms with Crippen molar-refractivity contribution in [3.63, 3.8) is 0 Å². The van der Waals surface area contributed by atoms with Gasteiger partial charge in [0.2, 0.25) is 0 Å². The van der Waals surface area contributed by atoms with Crippen molar-refractivity contribution >= 4 is 5.82 Å². The quantitative estimate of drug-likeness (QED) is 0.778. The minimum atomic E-state index is 0.0980. The molecule has 0 aliphatic rings. The van der Waals surface area contributed by atoms with E-state index in [-0.39, 0.29) is 11.8 Å². The second-order valence-electron chi connectivity index (χ2n) is 4.84. The molecule has 4 N–H and O–H groups in total. The fourth-order valence-corrected chi connectivity index (χ4v) is 1.80. The Morgan fingerprint density at radius 1 is 1.35 bits per heavy atom. The van der Waals surface area contributed by atoms with E-state index in [0.29, 0.717) is 23.8 Å². The van der Waals surface area contributed by atoms with Crippen molar-refractivity contribution in [1.29, 1.82) is 0 Å². The van der Waals surface area contributed by atoms with Crippen LogP contribution in [0.2, 0.25) is 0 Å². The van der Waals surface area contributed by atoms with Gasteiger partial charge in [0, 0.05) is 18.8 Å². The Labute approximate surface area is 118 Å². The molecule has 1 heterocycles. The summed E-state index contributed by atoms with van der Waals surface area (Å²) in [4.78, 5) is 8.63. The van der Waals surface area contributed by atoms with Crippen molar-refractivity contribution in [1.82, 2.24) is 9.97 Å². The van der Waals surface area contributed by atoms with E-state index in [1.54, 1.807) is 18.3 Å². The molecule has 0 saturated heterocycles. The molecule has 1 atom stereocenters. The van der Waals surface area contributed by atoms with E-state index in [0.717, 1.165) is 12.0 Å². The molecule has 20 heavy (non-hydrogen) atoms. The maximum Gasteiger partial charge on any atom is 0.165 e. The van der Waals surface area contributed by atoms with Gasteiger partial charge in [0.1, 0.15) is 11.6 Å². The van der Waals surface area contributed by atoms with Crippen LogP contribution in [0.25, 0.3) is 11.4 Å². The first-order valence-electron chi connectivity index (χ1n) is 6.72. The van der Waals surface area contributed by atoms with Crippen LogP contribution in [0.15, 0.2) is 30.5 Å². The van der Waals surface area contributed by atoms with E-state index in [1.165, 1.54) is 0 Å². The first kappa shape index (κ1) is 14.3. The maximum atomic E-state index is 9.92. The molecule has 2 rings (SSSR count). The van der Waals surface area contributed by atoms with Crippen molar-refractivity contribution in [2.24, 2.45) is 5.73 Å². The number of benzene rings is 1. The molecule has 0 spiro atoms. The number of phenols is 1.